The first-order valence-corrected chi connectivity index (χ1v) is 10.4. The molecule has 0 saturated carbocycles. The van der Waals surface area contributed by atoms with Gasteiger partial charge in [-0.1, -0.05) is 17.7 Å². The van der Waals surface area contributed by atoms with E-state index in [0.717, 1.165) is 16.9 Å². The molecular weight excluding hydrogens is 396 g/mol. The highest BCUT2D eigenvalue weighted by Gasteiger charge is 2.25. The van der Waals surface area contributed by atoms with E-state index in [9.17, 15) is 9.59 Å². The van der Waals surface area contributed by atoms with Crippen LogP contribution in [0.2, 0.25) is 0 Å². The number of amides is 2. The van der Waals surface area contributed by atoms with Crippen LogP contribution < -0.4 is 19.5 Å². The van der Waals surface area contributed by atoms with Crippen molar-refractivity contribution in [3.8, 4) is 17.2 Å². The monoisotopic (exact) mass is 426 g/mol. The highest BCUT2D eigenvalue weighted by Crippen LogP contribution is 2.23. The molecule has 1 heterocycles. The van der Waals surface area contributed by atoms with Gasteiger partial charge in [-0.05, 0) is 50.5 Å². The lowest BCUT2D eigenvalue weighted by Gasteiger charge is -2.32. The maximum Gasteiger partial charge on any atom is 0.260 e. The number of nitrogens with one attached hydrogen (secondary N) is 1. The lowest BCUT2D eigenvalue weighted by atomic mass is 10.0. The second-order valence-electron chi connectivity index (χ2n) is 7.79. The van der Waals surface area contributed by atoms with Crippen LogP contribution in [0.15, 0.2) is 36.4 Å². The first-order chi connectivity index (χ1) is 14.9. The van der Waals surface area contributed by atoms with E-state index >= 15 is 0 Å². The molecule has 1 N–H and O–H groups in total. The van der Waals surface area contributed by atoms with Gasteiger partial charge in [0.05, 0.1) is 14.2 Å². The predicted molar refractivity (Wildman–Crippen MR) is 118 cm³/mol. The Morgan fingerprint density at radius 2 is 1.65 bits per heavy atom. The van der Waals surface area contributed by atoms with Gasteiger partial charge in [-0.15, -0.1) is 0 Å². The number of ether oxygens (including phenoxy) is 3. The van der Waals surface area contributed by atoms with Gasteiger partial charge in [-0.25, -0.2) is 0 Å². The minimum atomic E-state index is -0.180. The molecule has 0 bridgehead atoms. The number of carbonyl (C=O) groups excluding carboxylic acids is 2. The first kappa shape index (κ1) is 22.5. The predicted octanol–water partition coefficient (Wildman–Crippen LogP) is 3.12. The van der Waals surface area contributed by atoms with Crippen LogP contribution >= 0.6 is 0 Å². The fourth-order valence-electron chi connectivity index (χ4n) is 3.67. The molecule has 31 heavy (non-hydrogen) atoms. The molecule has 2 aromatic rings. The maximum absolute atomic E-state index is 12.7. The van der Waals surface area contributed by atoms with E-state index < -0.39 is 0 Å². The molecular formula is C24H30N2O5. The molecule has 2 aromatic carbocycles. The minimum absolute atomic E-state index is 0.00834. The molecule has 0 radical (unpaired) electrons. The highest BCUT2D eigenvalue weighted by molar-refractivity contribution is 5.95. The van der Waals surface area contributed by atoms with Gasteiger partial charge in [-0.3, -0.25) is 9.59 Å². The zero-order chi connectivity index (χ0) is 22.4. The summed E-state index contributed by atoms with van der Waals surface area (Å²) in [6, 6.07) is 11.0. The minimum Gasteiger partial charge on any atom is -0.497 e. The van der Waals surface area contributed by atoms with Crippen molar-refractivity contribution >= 4 is 11.8 Å². The van der Waals surface area contributed by atoms with Crippen molar-refractivity contribution < 1.29 is 23.8 Å². The highest BCUT2D eigenvalue weighted by atomic mass is 16.5. The Hall–Kier alpha value is -3.22. The molecule has 1 fully saturated rings. The number of methoxy groups -OCH3 is 2. The van der Waals surface area contributed by atoms with Crippen LogP contribution in [0.3, 0.4) is 0 Å². The number of likely N-dealkylation sites (tertiary alicyclic amines) is 1. The van der Waals surface area contributed by atoms with Crippen molar-refractivity contribution in [1.82, 2.24) is 10.2 Å². The zero-order valence-electron chi connectivity index (χ0n) is 18.6. The summed E-state index contributed by atoms with van der Waals surface area (Å²) in [4.78, 5) is 27.0. The fraction of sp³-hybridized carbons (Fsp3) is 0.417. The summed E-state index contributed by atoms with van der Waals surface area (Å²) in [7, 11) is 3.10. The van der Waals surface area contributed by atoms with Gasteiger partial charge in [0.25, 0.3) is 11.8 Å². The summed E-state index contributed by atoms with van der Waals surface area (Å²) in [6.45, 7) is 5.18. The molecule has 1 saturated heterocycles. The number of nitrogens with zero attached hydrogens (tertiary/aromatic N) is 1. The van der Waals surface area contributed by atoms with E-state index in [2.05, 4.69) is 5.32 Å². The molecule has 7 nitrogen and oxygen atoms in total. The molecule has 0 atom stereocenters. The van der Waals surface area contributed by atoms with Crippen LogP contribution in [0.1, 0.15) is 34.3 Å². The number of carbonyl (C=O) groups is 2. The number of hydrogen-bond donors (Lipinski definition) is 1. The first-order valence-electron chi connectivity index (χ1n) is 10.4. The van der Waals surface area contributed by atoms with Crippen molar-refractivity contribution in [2.45, 2.75) is 32.7 Å². The van der Waals surface area contributed by atoms with Gasteiger partial charge < -0.3 is 24.4 Å². The largest absolute Gasteiger partial charge is 0.497 e. The van der Waals surface area contributed by atoms with Crippen molar-refractivity contribution in [3.63, 3.8) is 0 Å². The molecule has 2 amide bonds. The van der Waals surface area contributed by atoms with Crippen LogP contribution in [0.4, 0.5) is 0 Å². The molecule has 1 aliphatic rings. The lowest BCUT2D eigenvalue weighted by molar-refractivity contribution is -0.134. The fourth-order valence-corrected chi connectivity index (χ4v) is 3.67. The van der Waals surface area contributed by atoms with Gasteiger partial charge in [-0.2, -0.15) is 0 Å². The quantitative estimate of drug-likeness (QED) is 0.736. The Morgan fingerprint density at radius 1 is 1.00 bits per heavy atom. The lowest BCUT2D eigenvalue weighted by Crippen LogP contribution is -2.47. The third kappa shape index (κ3) is 5.90. The Kier molecular flexibility index (Phi) is 7.39. The van der Waals surface area contributed by atoms with E-state index in [1.807, 2.05) is 32.0 Å². The van der Waals surface area contributed by atoms with Gasteiger partial charge in [0.2, 0.25) is 0 Å². The number of hydrogen-bond acceptors (Lipinski definition) is 5. The summed E-state index contributed by atoms with van der Waals surface area (Å²) in [6.07, 6.45) is 1.39. The van der Waals surface area contributed by atoms with Crippen molar-refractivity contribution in [3.05, 3.63) is 53.1 Å². The zero-order valence-corrected chi connectivity index (χ0v) is 18.6. The Bertz CT molecular complexity index is 913. The number of aryl methyl sites for hydroxylation is 2. The standard InChI is InChI=1S/C24H30N2O5/c1-16-5-6-22(17(2)11-16)31-15-23(27)26-9-7-19(8-10-26)25-24(28)18-12-20(29-3)14-21(13-18)30-4/h5-6,11-14,19H,7-10,15H2,1-4H3,(H,25,28). The summed E-state index contributed by atoms with van der Waals surface area (Å²) in [5, 5.41) is 3.05. The van der Waals surface area contributed by atoms with Crippen LogP contribution in [0.5, 0.6) is 17.2 Å². The molecule has 1 aliphatic heterocycles. The maximum atomic E-state index is 12.7. The van der Waals surface area contributed by atoms with Gasteiger partial charge in [0.1, 0.15) is 17.2 Å². The topological polar surface area (TPSA) is 77.1 Å². The molecule has 0 spiro atoms. The van der Waals surface area contributed by atoms with Crippen LogP contribution in [-0.4, -0.2) is 56.7 Å². The third-order valence-corrected chi connectivity index (χ3v) is 5.48. The molecule has 0 unspecified atom stereocenters. The molecule has 166 valence electrons. The Morgan fingerprint density at radius 3 is 2.23 bits per heavy atom. The number of benzene rings is 2. The van der Waals surface area contributed by atoms with Gasteiger partial charge in [0.15, 0.2) is 6.61 Å². The van der Waals surface area contributed by atoms with Gasteiger partial charge in [0, 0.05) is 30.8 Å². The van der Waals surface area contributed by atoms with Gasteiger partial charge >= 0.3 is 0 Å². The molecule has 7 heteroatoms. The smallest absolute Gasteiger partial charge is 0.260 e. The average molecular weight is 427 g/mol. The van der Waals surface area contributed by atoms with E-state index in [1.165, 1.54) is 0 Å². The average Bonchev–Trinajstić information content (AvgIpc) is 2.78. The molecule has 0 aromatic heterocycles. The number of piperidine rings is 1. The molecule has 3 rings (SSSR count). The summed E-state index contributed by atoms with van der Waals surface area (Å²) in [5.74, 6) is 1.64. The Balaban J connectivity index is 1.49. The molecule has 0 aliphatic carbocycles. The van der Waals surface area contributed by atoms with Crippen molar-refractivity contribution in [2.24, 2.45) is 0 Å². The van der Waals surface area contributed by atoms with E-state index in [1.54, 1.807) is 37.3 Å². The number of rotatable bonds is 7. The van der Waals surface area contributed by atoms with Crippen LogP contribution in [-0.2, 0) is 4.79 Å². The van der Waals surface area contributed by atoms with Crippen molar-refractivity contribution in [2.75, 3.05) is 33.9 Å². The third-order valence-electron chi connectivity index (χ3n) is 5.48. The van der Waals surface area contributed by atoms with Crippen molar-refractivity contribution in [1.29, 1.82) is 0 Å². The summed E-state index contributed by atoms with van der Waals surface area (Å²) in [5.41, 5.74) is 2.66. The normalized spacial score (nSPS) is 14.1. The SMILES string of the molecule is COc1cc(OC)cc(C(=O)NC2CCN(C(=O)COc3ccc(C)cc3C)CC2)c1. The Labute approximate surface area is 183 Å². The van der Waals surface area contributed by atoms with Crippen LogP contribution in [0.25, 0.3) is 0 Å². The van der Waals surface area contributed by atoms with E-state index in [4.69, 9.17) is 14.2 Å². The second-order valence-corrected chi connectivity index (χ2v) is 7.79. The second kappa shape index (κ2) is 10.2. The van der Waals surface area contributed by atoms with E-state index in [-0.39, 0.29) is 24.5 Å². The summed E-state index contributed by atoms with van der Waals surface area (Å²) >= 11 is 0. The van der Waals surface area contributed by atoms with E-state index in [0.29, 0.717) is 43.0 Å². The van der Waals surface area contributed by atoms with Crippen LogP contribution in [0, 0.1) is 13.8 Å². The summed E-state index contributed by atoms with van der Waals surface area (Å²) < 4.78 is 16.2.